The lowest BCUT2D eigenvalue weighted by atomic mass is 10.2. The minimum Gasteiger partial charge on any atom is -0.303 e. The molecule has 2 N–H and O–H groups in total. The predicted molar refractivity (Wildman–Crippen MR) is 59.2 cm³/mol. The van der Waals surface area contributed by atoms with Crippen molar-refractivity contribution in [3.63, 3.8) is 0 Å². The molecule has 5 nitrogen and oxygen atoms in total. The number of halogens is 1. The highest BCUT2D eigenvalue weighted by Gasteiger charge is 2.47. The molecule has 2 heterocycles. The topological polar surface area (TPSA) is 66.9 Å². The lowest BCUT2D eigenvalue weighted by molar-refractivity contribution is -0.118. The Morgan fingerprint density at radius 1 is 1.60 bits per heavy atom. The van der Waals surface area contributed by atoms with Crippen LogP contribution in [0, 0.1) is 5.92 Å². The van der Waals surface area contributed by atoms with Crippen LogP contribution in [0.2, 0.25) is 0 Å². The fraction of sp³-hybridized carbons (Fsp3) is 0.625. The number of nitrogens with zero attached hydrogens (tertiary/aromatic N) is 2. The highest BCUT2D eigenvalue weighted by Crippen LogP contribution is 2.40. The summed E-state index contributed by atoms with van der Waals surface area (Å²) in [7, 11) is 0. The SMILES string of the molecule is Cl.O=C(Nc1nncs1)[C@@H]1C[C@@H]2C[C@@H]2N1. The van der Waals surface area contributed by atoms with Gasteiger partial charge < -0.3 is 5.32 Å². The zero-order valence-electron chi connectivity index (χ0n) is 7.84. The number of nitrogens with one attached hydrogen (secondary N) is 2. The predicted octanol–water partition coefficient (Wildman–Crippen LogP) is 0.649. The van der Waals surface area contributed by atoms with Crippen LogP contribution in [0.25, 0.3) is 0 Å². The van der Waals surface area contributed by atoms with E-state index in [1.165, 1.54) is 17.8 Å². The molecule has 1 aromatic rings. The van der Waals surface area contributed by atoms with E-state index in [0.717, 1.165) is 12.3 Å². The number of fused-ring (bicyclic) bond motifs is 1. The van der Waals surface area contributed by atoms with Gasteiger partial charge in [-0.2, -0.15) is 0 Å². The van der Waals surface area contributed by atoms with Crippen molar-refractivity contribution < 1.29 is 4.79 Å². The summed E-state index contributed by atoms with van der Waals surface area (Å²) in [6.45, 7) is 0. The number of hydrogen-bond acceptors (Lipinski definition) is 5. The third-order valence-corrected chi connectivity index (χ3v) is 3.39. The maximum Gasteiger partial charge on any atom is 0.243 e. The smallest absolute Gasteiger partial charge is 0.243 e. The fourth-order valence-electron chi connectivity index (χ4n) is 1.94. The summed E-state index contributed by atoms with van der Waals surface area (Å²) in [4.78, 5) is 11.6. The quantitative estimate of drug-likeness (QED) is 0.804. The van der Waals surface area contributed by atoms with Crippen LogP contribution in [0.1, 0.15) is 12.8 Å². The second-order valence-corrected chi connectivity index (χ2v) is 4.62. The number of aromatic nitrogens is 2. The highest BCUT2D eigenvalue weighted by molar-refractivity contribution is 7.13. The Kier molecular flexibility index (Phi) is 2.90. The largest absolute Gasteiger partial charge is 0.303 e. The molecule has 0 radical (unpaired) electrons. The molecule has 1 aliphatic heterocycles. The van der Waals surface area contributed by atoms with Gasteiger partial charge in [-0.05, 0) is 18.8 Å². The van der Waals surface area contributed by atoms with Gasteiger partial charge in [0, 0.05) is 6.04 Å². The minimum atomic E-state index is -0.0253. The maximum atomic E-state index is 11.6. The lowest BCUT2D eigenvalue weighted by Crippen LogP contribution is -2.37. The van der Waals surface area contributed by atoms with E-state index in [-0.39, 0.29) is 24.4 Å². The molecule has 82 valence electrons. The number of rotatable bonds is 2. The zero-order valence-corrected chi connectivity index (χ0v) is 9.48. The average Bonchev–Trinajstić information content (AvgIpc) is 2.68. The second kappa shape index (κ2) is 4.03. The summed E-state index contributed by atoms with van der Waals surface area (Å²) in [6.07, 6.45) is 2.21. The van der Waals surface area contributed by atoms with Crippen molar-refractivity contribution in [3.05, 3.63) is 5.51 Å². The van der Waals surface area contributed by atoms with E-state index in [1.807, 2.05) is 0 Å². The fourth-order valence-corrected chi connectivity index (χ4v) is 2.39. The van der Waals surface area contributed by atoms with Crippen molar-refractivity contribution in [2.24, 2.45) is 5.92 Å². The first-order valence-electron chi connectivity index (χ1n) is 4.66. The molecule has 2 fully saturated rings. The molecule has 1 saturated carbocycles. The molecule has 0 aromatic carbocycles. The Balaban J connectivity index is 0.000000853. The summed E-state index contributed by atoms with van der Waals surface area (Å²) in [5.41, 5.74) is 1.61. The van der Waals surface area contributed by atoms with Gasteiger partial charge in [-0.3, -0.25) is 10.1 Å². The van der Waals surface area contributed by atoms with Gasteiger partial charge in [0.25, 0.3) is 0 Å². The van der Waals surface area contributed by atoms with E-state index in [4.69, 9.17) is 0 Å². The van der Waals surface area contributed by atoms with Crippen LogP contribution in [-0.4, -0.2) is 28.2 Å². The summed E-state index contributed by atoms with van der Waals surface area (Å²) in [6, 6.07) is 0.572. The average molecular weight is 247 g/mol. The number of carbonyl (C=O) groups excluding carboxylic acids is 1. The number of carbonyl (C=O) groups is 1. The first-order chi connectivity index (χ1) is 6.83. The van der Waals surface area contributed by atoms with Crippen LogP contribution < -0.4 is 10.6 Å². The highest BCUT2D eigenvalue weighted by atomic mass is 35.5. The molecule has 2 aliphatic rings. The summed E-state index contributed by atoms with van der Waals surface area (Å²) >= 11 is 1.34. The van der Waals surface area contributed by atoms with Crippen molar-refractivity contribution >= 4 is 34.8 Å². The van der Waals surface area contributed by atoms with Gasteiger partial charge in [-0.15, -0.1) is 22.6 Å². The standard InChI is InChI=1S/C8H10N4OS.ClH/c13-7(11-8-12-9-3-14-8)6-2-4-1-5(4)10-6;/h3-6,10H,1-2H2,(H,11,12,13);1H/t4-,5-,6-;/m0./s1. The van der Waals surface area contributed by atoms with E-state index in [0.29, 0.717) is 11.2 Å². The molecule has 3 atom stereocenters. The molecule has 0 unspecified atom stereocenters. The van der Waals surface area contributed by atoms with E-state index >= 15 is 0 Å². The van der Waals surface area contributed by atoms with E-state index < -0.39 is 0 Å². The van der Waals surface area contributed by atoms with Gasteiger partial charge in [0.1, 0.15) is 5.51 Å². The molecule has 7 heteroatoms. The van der Waals surface area contributed by atoms with Gasteiger partial charge in [0.2, 0.25) is 11.0 Å². The van der Waals surface area contributed by atoms with Crippen molar-refractivity contribution in [1.29, 1.82) is 0 Å². The molecule has 1 amide bonds. The Morgan fingerprint density at radius 2 is 2.47 bits per heavy atom. The summed E-state index contributed by atoms with van der Waals surface area (Å²) in [5, 5.41) is 14.0. The normalized spacial score (nSPS) is 31.6. The number of piperidine rings is 1. The minimum absolute atomic E-state index is 0. The number of hydrogen-bond donors (Lipinski definition) is 2. The first kappa shape index (κ1) is 10.8. The molecular weight excluding hydrogens is 236 g/mol. The van der Waals surface area contributed by atoms with Crippen LogP contribution in [0.5, 0.6) is 0 Å². The number of anilines is 1. The maximum absolute atomic E-state index is 11.6. The van der Waals surface area contributed by atoms with E-state index in [9.17, 15) is 4.79 Å². The first-order valence-corrected chi connectivity index (χ1v) is 5.54. The molecule has 0 bridgehead atoms. The lowest BCUT2D eigenvalue weighted by Gasteiger charge is -2.10. The van der Waals surface area contributed by atoms with Crippen molar-refractivity contribution in [2.75, 3.05) is 5.32 Å². The van der Waals surface area contributed by atoms with Crippen molar-refractivity contribution in [1.82, 2.24) is 15.5 Å². The third-order valence-electron chi connectivity index (χ3n) is 2.78. The van der Waals surface area contributed by atoms with Crippen LogP contribution in [-0.2, 0) is 4.79 Å². The van der Waals surface area contributed by atoms with E-state index in [1.54, 1.807) is 5.51 Å². The molecule has 1 aliphatic carbocycles. The molecule has 3 rings (SSSR count). The van der Waals surface area contributed by atoms with Crippen LogP contribution in [0.4, 0.5) is 5.13 Å². The van der Waals surface area contributed by atoms with Crippen LogP contribution >= 0.6 is 23.7 Å². The monoisotopic (exact) mass is 246 g/mol. The van der Waals surface area contributed by atoms with Crippen LogP contribution in [0.3, 0.4) is 0 Å². The van der Waals surface area contributed by atoms with Gasteiger partial charge in [0.15, 0.2) is 0 Å². The van der Waals surface area contributed by atoms with Gasteiger partial charge in [-0.1, -0.05) is 11.3 Å². The molecular formula is C8H11ClN4OS. The van der Waals surface area contributed by atoms with Crippen molar-refractivity contribution in [2.45, 2.75) is 24.9 Å². The molecule has 0 spiro atoms. The third kappa shape index (κ3) is 2.11. The second-order valence-electron chi connectivity index (χ2n) is 3.79. The van der Waals surface area contributed by atoms with Crippen molar-refractivity contribution in [3.8, 4) is 0 Å². The summed E-state index contributed by atoms with van der Waals surface area (Å²) in [5.74, 6) is 0.758. The van der Waals surface area contributed by atoms with Crippen LogP contribution in [0.15, 0.2) is 5.51 Å². The Labute approximate surface area is 97.1 Å². The molecule has 1 aromatic heterocycles. The Hall–Kier alpha value is -0.720. The Bertz CT molecular complexity index is 348. The molecule has 15 heavy (non-hydrogen) atoms. The Morgan fingerprint density at radius 3 is 3.07 bits per heavy atom. The zero-order chi connectivity index (χ0) is 9.54. The van der Waals surface area contributed by atoms with Gasteiger partial charge >= 0.3 is 0 Å². The summed E-state index contributed by atoms with van der Waals surface area (Å²) < 4.78 is 0. The van der Waals surface area contributed by atoms with Gasteiger partial charge in [-0.25, -0.2) is 0 Å². The van der Waals surface area contributed by atoms with Gasteiger partial charge in [0.05, 0.1) is 6.04 Å². The molecule has 1 saturated heterocycles. The number of amides is 1. The van der Waals surface area contributed by atoms with E-state index in [2.05, 4.69) is 20.8 Å².